The van der Waals surface area contributed by atoms with E-state index in [1.807, 2.05) is 0 Å². The Balaban J connectivity index is 1.41. The molecule has 2 aliphatic heterocycles. The summed E-state index contributed by atoms with van der Waals surface area (Å²) >= 11 is 6.37. The lowest BCUT2D eigenvalue weighted by atomic mass is 10.1. The highest BCUT2D eigenvalue weighted by molar-refractivity contribution is 6.33. The zero-order valence-electron chi connectivity index (χ0n) is 15.8. The molecule has 4 heterocycles. The summed E-state index contributed by atoms with van der Waals surface area (Å²) in [6.45, 7) is 1.33. The van der Waals surface area contributed by atoms with Gasteiger partial charge in [0.1, 0.15) is 18.3 Å². The van der Waals surface area contributed by atoms with Crippen LogP contribution in [0.25, 0.3) is 22.4 Å². The Hall–Kier alpha value is -2.33. The Bertz CT molecular complexity index is 1090. The monoisotopic (exact) mass is 437 g/mol. The number of hydrogen-bond acceptors (Lipinski definition) is 6. The number of benzene rings is 1. The van der Waals surface area contributed by atoms with Gasteiger partial charge in [-0.2, -0.15) is 4.98 Å². The van der Waals surface area contributed by atoms with Gasteiger partial charge in [-0.1, -0.05) is 35.9 Å². The first-order valence-electron chi connectivity index (χ1n) is 9.42. The van der Waals surface area contributed by atoms with Crippen LogP contribution in [0.1, 0.15) is 12.5 Å². The maximum absolute atomic E-state index is 13.4. The summed E-state index contributed by atoms with van der Waals surface area (Å²) in [6, 6.07) is 7.69. The van der Waals surface area contributed by atoms with Gasteiger partial charge in [0.05, 0.1) is 29.4 Å². The summed E-state index contributed by atoms with van der Waals surface area (Å²) in [5, 5.41) is 10.2. The number of aliphatic hydroxyl groups excluding tert-OH is 1. The first-order valence-corrected chi connectivity index (χ1v) is 9.80. The van der Waals surface area contributed by atoms with E-state index in [4.69, 9.17) is 25.8 Å². The smallest absolute Gasteiger partial charge is 0.296 e. The number of H-pyrrole nitrogens is 1. The third-order valence-electron chi connectivity index (χ3n) is 5.32. The van der Waals surface area contributed by atoms with E-state index in [1.165, 1.54) is 12.1 Å². The molecule has 0 radical (unpaired) electrons. The molecule has 158 valence electrons. The molecule has 4 atom stereocenters. The van der Waals surface area contributed by atoms with Gasteiger partial charge in [0, 0.05) is 18.1 Å². The van der Waals surface area contributed by atoms with Crippen molar-refractivity contribution in [3.8, 4) is 17.3 Å². The van der Waals surface area contributed by atoms with Gasteiger partial charge in [0.2, 0.25) is 0 Å². The molecule has 0 amide bonds. The molecule has 0 unspecified atom stereocenters. The highest BCUT2D eigenvalue weighted by Crippen LogP contribution is 2.33. The lowest BCUT2D eigenvalue weighted by Gasteiger charge is -2.15. The molecule has 5 rings (SSSR count). The average molecular weight is 438 g/mol. The molecule has 30 heavy (non-hydrogen) atoms. The van der Waals surface area contributed by atoms with Crippen LogP contribution in [0.5, 0.6) is 6.01 Å². The van der Waals surface area contributed by atoms with E-state index in [-0.39, 0.29) is 30.9 Å². The van der Waals surface area contributed by atoms with Gasteiger partial charge in [-0.3, -0.25) is 0 Å². The quantitative estimate of drug-likeness (QED) is 0.651. The number of rotatable bonds is 4. The number of fused-ring (bicyclic) bond motifs is 2. The molecule has 0 saturated carbocycles. The van der Waals surface area contributed by atoms with Crippen LogP contribution in [-0.2, 0) is 15.4 Å². The van der Waals surface area contributed by atoms with Crippen LogP contribution >= 0.6 is 11.6 Å². The number of halogens is 3. The topological polar surface area (TPSA) is 89.5 Å². The summed E-state index contributed by atoms with van der Waals surface area (Å²) < 4.78 is 43.9. The SMILES string of the molecule is CC(F)(F)c1ccc(-c2nc3nc(O[C@@H]4CO[C@H]5[C@@H]4OC[C@H]5O)[nH]c3cc2Cl)cc1. The van der Waals surface area contributed by atoms with E-state index in [0.717, 1.165) is 6.92 Å². The fourth-order valence-electron chi connectivity index (χ4n) is 3.76. The number of alkyl halides is 2. The minimum absolute atomic E-state index is 0.0877. The van der Waals surface area contributed by atoms with Gasteiger partial charge in [-0.15, -0.1) is 0 Å². The minimum Gasteiger partial charge on any atom is -0.456 e. The molecule has 0 bridgehead atoms. The zero-order valence-corrected chi connectivity index (χ0v) is 16.6. The largest absolute Gasteiger partial charge is 0.456 e. The number of hydrogen-bond donors (Lipinski definition) is 2. The second-order valence-corrected chi connectivity index (χ2v) is 7.92. The summed E-state index contributed by atoms with van der Waals surface area (Å²) in [5.74, 6) is -2.92. The van der Waals surface area contributed by atoms with Crippen LogP contribution in [0.2, 0.25) is 5.02 Å². The number of aromatic amines is 1. The number of aliphatic hydroxyl groups is 1. The van der Waals surface area contributed by atoms with E-state index >= 15 is 0 Å². The van der Waals surface area contributed by atoms with E-state index in [1.54, 1.807) is 18.2 Å². The first-order chi connectivity index (χ1) is 14.3. The predicted octanol–water partition coefficient (Wildman–Crippen LogP) is 3.30. The second kappa shape index (κ2) is 7.12. The molecule has 3 aromatic rings. The fraction of sp³-hybridized carbons (Fsp3) is 0.400. The van der Waals surface area contributed by atoms with Crippen LogP contribution in [-0.4, -0.2) is 57.7 Å². The predicted molar refractivity (Wildman–Crippen MR) is 104 cm³/mol. The van der Waals surface area contributed by atoms with Gasteiger partial charge in [0.15, 0.2) is 11.8 Å². The Morgan fingerprint density at radius 3 is 2.63 bits per heavy atom. The van der Waals surface area contributed by atoms with Crippen molar-refractivity contribution in [1.29, 1.82) is 0 Å². The van der Waals surface area contributed by atoms with Crippen molar-refractivity contribution in [1.82, 2.24) is 15.0 Å². The summed E-state index contributed by atoms with van der Waals surface area (Å²) in [7, 11) is 0. The van der Waals surface area contributed by atoms with Crippen molar-refractivity contribution in [2.24, 2.45) is 0 Å². The van der Waals surface area contributed by atoms with Crippen LogP contribution in [0, 0.1) is 0 Å². The molecule has 2 saturated heterocycles. The number of imidazole rings is 1. The van der Waals surface area contributed by atoms with Crippen LogP contribution in [0.4, 0.5) is 8.78 Å². The second-order valence-electron chi connectivity index (χ2n) is 7.52. The number of nitrogens with one attached hydrogen (secondary N) is 1. The van der Waals surface area contributed by atoms with Crippen molar-refractivity contribution in [2.75, 3.05) is 13.2 Å². The van der Waals surface area contributed by atoms with E-state index in [2.05, 4.69) is 15.0 Å². The molecule has 2 aliphatic rings. The first kappa shape index (κ1) is 19.6. The molecule has 2 aromatic heterocycles. The minimum atomic E-state index is -2.92. The Morgan fingerprint density at radius 1 is 1.17 bits per heavy atom. The molecule has 10 heteroatoms. The number of pyridine rings is 1. The number of ether oxygens (including phenoxy) is 3. The molecule has 7 nitrogen and oxygen atoms in total. The van der Waals surface area contributed by atoms with Crippen molar-refractivity contribution >= 4 is 22.8 Å². The van der Waals surface area contributed by atoms with E-state index in [9.17, 15) is 13.9 Å². The normalized spacial score (nSPS) is 26.3. The third kappa shape index (κ3) is 3.41. The Labute approximate surface area is 174 Å². The molecule has 2 fully saturated rings. The van der Waals surface area contributed by atoms with Gasteiger partial charge >= 0.3 is 0 Å². The Kier molecular flexibility index (Phi) is 4.66. The third-order valence-corrected chi connectivity index (χ3v) is 5.60. The average Bonchev–Trinajstić information content (AvgIpc) is 3.38. The van der Waals surface area contributed by atoms with Crippen LogP contribution in [0.15, 0.2) is 30.3 Å². The molecular weight excluding hydrogens is 420 g/mol. The van der Waals surface area contributed by atoms with Crippen LogP contribution < -0.4 is 4.74 Å². The van der Waals surface area contributed by atoms with Crippen molar-refractivity contribution in [3.63, 3.8) is 0 Å². The van der Waals surface area contributed by atoms with Crippen molar-refractivity contribution < 1.29 is 28.1 Å². The maximum Gasteiger partial charge on any atom is 0.296 e. The highest BCUT2D eigenvalue weighted by Gasteiger charge is 2.48. The maximum atomic E-state index is 13.4. The summed E-state index contributed by atoms with van der Waals surface area (Å²) in [5.41, 5.74) is 1.88. The molecule has 0 aliphatic carbocycles. The van der Waals surface area contributed by atoms with Gasteiger partial charge in [-0.05, 0) is 6.07 Å². The van der Waals surface area contributed by atoms with Gasteiger partial charge in [0.25, 0.3) is 11.9 Å². The zero-order chi connectivity index (χ0) is 21.0. The van der Waals surface area contributed by atoms with Gasteiger partial charge < -0.3 is 24.3 Å². The molecule has 1 aromatic carbocycles. The Morgan fingerprint density at radius 2 is 1.90 bits per heavy atom. The number of nitrogens with zero attached hydrogens (tertiary/aromatic N) is 2. The lowest BCUT2D eigenvalue weighted by Crippen LogP contribution is -2.34. The van der Waals surface area contributed by atoms with Crippen molar-refractivity contribution in [3.05, 3.63) is 40.9 Å². The molecule has 2 N–H and O–H groups in total. The van der Waals surface area contributed by atoms with Crippen molar-refractivity contribution in [2.45, 2.75) is 37.3 Å². The van der Waals surface area contributed by atoms with Crippen LogP contribution in [0.3, 0.4) is 0 Å². The van der Waals surface area contributed by atoms with E-state index < -0.39 is 24.2 Å². The highest BCUT2D eigenvalue weighted by atomic mass is 35.5. The lowest BCUT2D eigenvalue weighted by molar-refractivity contribution is 0.00706. The van der Waals surface area contributed by atoms with E-state index in [0.29, 0.717) is 27.4 Å². The molecule has 0 spiro atoms. The summed E-state index contributed by atoms with van der Waals surface area (Å²) in [6.07, 6.45) is -1.85. The molecular formula is C20H18ClF2N3O4. The fourth-order valence-corrected chi connectivity index (χ4v) is 4.02. The van der Waals surface area contributed by atoms with Gasteiger partial charge in [-0.25, -0.2) is 13.8 Å². The summed E-state index contributed by atoms with van der Waals surface area (Å²) in [4.78, 5) is 11.8. The standard InChI is InChI=1S/C20H18ClF2N3O4/c1-20(22,23)10-4-2-9(3-5-10)15-11(21)6-12-18(25-15)26-19(24-12)30-14-8-29-16-13(27)7-28-17(14)16/h2-6,13-14,16-17,27H,7-8H2,1H3,(H,24,25,26)/t13-,14-,16-,17-/m1/s1. The number of aromatic nitrogens is 3.